The summed E-state index contributed by atoms with van der Waals surface area (Å²) in [5.74, 6) is -0.368. The molecule has 10 heteroatoms. The van der Waals surface area contributed by atoms with Crippen LogP contribution in [0, 0.1) is 44.8 Å². The number of aliphatic hydroxyl groups excluding tert-OH is 4. The lowest BCUT2D eigenvalue weighted by atomic mass is 9.41. The molecule has 10 nitrogen and oxygen atoms in total. The Morgan fingerprint density at radius 1 is 0.851 bits per heavy atom. The molecule has 2 spiro atoms. The van der Waals surface area contributed by atoms with E-state index in [-0.39, 0.29) is 58.2 Å². The van der Waals surface area contributed by atoms with Crippen molar-refractivity contribution in [3.63, 3.8) is 0 Å². The third-order valence-corrected chi connectivity index (χ3v) is 15.8. The Labute approximate surface area is 279 Å². The van der Waals surface area contributed by atoms with Crippen molar-refractivity contribution in [3.05, 3.63) is 0 Å². The molecule has 0 radical (unpaired) electrons. The highest BCUT2D eigenvalue weighted by atomic mass is 16.7. The molecule has 268 valence electrons. The molecule has 5 N–H and O–H groups in total. The molecule has 2 heterocycles. The fraction of sp³-hybridized carbons (Fsp3) is 0.973. The quantitative estimate of drug-likeness (QED) is 0.218. The molecule has 7 fully saturated rings. The fourth-order valence-electron chi connectivity index (χ4n) is 13.7. The molecule has 2 saturated heterocycles. The van der Waals surface area contributed by atoms with Gasteiger partial charge in [0.15, 0.2) is 12.4 Å². The largest absolute Gasteiger partial charge is 0.454 e. The van der Waals surface area contributed by atoms with Crippen LogP contribution in [0.25, 0.3) is 0 Å². The molecule has 5 aliphatic carbocycles. The summed E-state index contributed by atoms with van der Waals surface area (Å²) in [5, 5.41) is 55.8. The molecule has 47 heavy (non-hydrogen) atoms. The van der Waals surface area contributed by atoms with Gasteiger partial charge in [0.2, 0.25) is 0 Å². The van der Waals surface area contributed by atoms with Crippen LogP contribution >= 0.6 is 0 Å². The first-order chi connectivity index (χ1) is 21.7. The highest BCUT2D eigenvalue weighted by Gasteiger charge is 2.85. The second kappa shape index (κ2) is 10.6. The van der Waals surface area contributed by atoms with E-state index in [4.69, 9.17) is 18.9 Å². The lowest BCUT2D eigenvalue weighted by molar-refractivity contribution is -0.309. The fourth-order valence-corrected chi connectivity index (χ4v) is 13.7. The van der Waals surface area contributed by atoms with Crippen LogP contribution in [0.2, 0.25) is 0 Å². The summed E-state index contributed by atoms with van der Waals surface area (Å²) in [4.78, 5) is 11.9. The maximum atomic E-state index is 12.2. The number of hydrogen-bond acceptors (Lipinski definition) is 10. The van der Waals surface area contributed by atoms with E-state index < -0.39 is 59.4 Å². The van der Waals surface area contributed by atoms with Crippen molar-refractivity contribution in [1.82, 2.24) is 0 Å². The minimum atomic E-state index is -1.32. The summed E-state index contributed by atoms with van der Waals surface area (Å²) in [5.41, 5.74) is -2.18. The van der Waals surface area contributed by atoms with Gasteiger partial charge in [-0.2, -0.15) is 0 Å². The van der Waals surface area contributed by atoms with Crippen LogP contribution in [-0.2, 0) is 23.7 Å². The van der Waals surface area contributed by atoms with E-state index in [1.54, 1.807) is 0 Å². The maximum absolute atomic E-state index is 12.2. The molecule has 0 aromatic heterocycles. The Morgan fingerprint density at radius 2 is 1.55 bits per heavy atom. The van der Waals surface area contributed by atoms with Gasteiger partial charge in [0.05, 0.1) is 42.2 Å². The van der Waals surface area contributed by atoms with Crippen molar-refractivity contribution in [3.8, 4) is 0 Å². The summed E-state index contributed by atoms with van der Waals surface area (Å²) in [6.07, 6.45) is 1.48. The third-order valence-electron chi connectivity index (χ3n) is 15.8. The van der Waals surface area contributed by atoms with Gasteiger partial charge >= 0.3 is 5.97 Å². The zero-order valence-corrected chi connectivity index (χ0v) is 29.7. The van der Waals surface area contributed by atoms with E-state index in [1.807, 2.05) is 13.8 Å². The van der Waals surface area contributed by atoms with Crippen molar-refractivity contribution in [2.45, 2.75) is 173 Å². The molecule has 7 aliphatic rings. The predicted molar refractivity (Wildman–Crippen MR) is 171 cm³/mol. The first kappa shape index (κ1) is 34.6. The number of esters is 1. The number of carbonyl (C=O) groups excluding carboxylic acids is 1. The van der Waals surface area contributed by atoms with E-state index in [2.05, 4.69) is 34.6 Å². The number of fused-ring (bicyclic) bond motifs is 2. The summed E-state index contributed by atoms with van der Waals surface area (Å²) < 4.78 is 24.4. The number of rotatable bonds is 5. The first-order valence-corrected chi connectivity index (χ1v) is 18.2. The van der Waals surface area contributed by atoms with Gasteiger partial charge in [-0.1, -0.05) is 27.7 Å². The standard InChI is InChI=1S/C37H60O10/c1-19(38)45-27-26(42)22(41)17-44-30(27)46-24-10-12-37-18-36(37)14-13-33(6)29(35(8)11-9-25(47-35)32(4,5)43)21(40)16-34(33,7)23(36)15-20(39)28(37)31(24,2)3/h20-30,39-43H,9-18H2,1-8H3/t20-,21-,22+,23+,24+,25-,26-,27+,28+,29+,30-,33+,34-,35-,36-,37+/m0/s1. The zero-order chi connectivity index (χ0) is 34.3. The van der Waals surface area contributed by atoms with Crippen molar-refractivity contribution in [2.75, 3.05) is 6.61 Å². The van der Waals surface area contributed by atoms with Crippen molar-refractivity contribution in [2.24, 2.45) is 44.8 Å². The molecule has 16 atom stereocenters. The van der Waals surface area contributed by atoms with Crippen molar-refractivity contribution < 1.29 is 49.3 Å². The molecule has 0 aromatic carbocycles. The molecule has 2 aliphatic heterocycles. The van der Waals surface area contributed by atoms with Crippen molar-refractivity contribution in [1.29, 1.82) is 0 Å². The number of carbonyl (C=O) groups is 1. The number of ether oxygens (including phenoxy) is 4. The normalized spacial score (nSPS) is 56.6. The summed E-state index contributed by atoms with van der Waals surface area (Å²) in [6.45, 7) is 16.0. The third kappa shape index (κ3) is 4.60. The number of hydrogen-bond donors (Lipinski definition) is 5. The Bertz CT molecular complexity index is 1270. The van der Waals surface area contributed by atoms with E-state index in [0.717, 1.165) is 44.9 Å². The van der Waals surface area contributed by atoms with Crippen LogP contribution in [0.3, 0.4) is 0 Å². The van der Waals surface area contributed by atoms with E-state index in [0.29, 0.717) is 12.8 Å². The minimum absolute atomic E-state index is 0.00501. The number of aliphatic hydroxyl groups is 5. The second-order valence-corrected chi connectivity index (χ2v) is 18.8. The summed E-state index contributed by atoms with van der Waals surface area (Å²) in [7, 11) is 0. The van der Waals surface area contributed by atoms with Crippen LogP contribution in [0.15, 0.2) is 0 Å². The Balaban J connectivity index is 1.15. The molecular weight excluding hydrogens is 604 g/mol. The van der Waals surface area contributed by atoms with Crippen molar-refractivity contribution >= 4 is 5.97 Å². The van der Waals surface area contributed by atoms with Crippen LogP contribution in [0.4, 0.5) is 0 Å². The topological polar surface area (TPSA) is 155 Å². The van der Waals surface area contributed by atoms with E-state index in [1.165, 1.54) is 6.92 Å². The second-order valence-electron chi connectivity index (χ2n) is 18.8. The highest BCUT2D eigenvalue weighted by molar-refractivity contribution is 5.66. The first-order valence-electron chi connectivity index (χ1n) is 18.2. The van der Waals surface area contributed by atoms with Gasteiger partial charge in [-0.3, -0.25) is 4.79 Å². The SMILES string of the molecule is CC(=O)O[C@H]1[C@H](O[C@@H]2CC[C@]34C[C@]35CC[C@]3(C)[C@H]([C@]6(C)CC[C@@H](C(C)(C)O)O6)[C@@H](O)C[C@@]3(C)[C@H]5C[C@H](O)[C@@H]4C2(C)C)OC[C@@H](O)[C@@H]1O. The lowest BCUT2D eigenvalue weighted by Gasteiger charge is -2.64. The predicted octanol–water partition coefficient (Wildman–Crippen LogP) is 3.47. The minimum Gasteiger partial charge on any atom is -0.454 e. The molecule has 0 unspecified atom stereocenters. The molecule has 5 saturated carbocycles. The van der Waals surface area contributed by atoms with Gasteiger partial charge in [-0.15, -0.1) is 0 Å². The van der Waals surface area contributed by atoms with Gasteiger partial charge in [-0.05, 0) is 117 Å². The van der Waals surface area contributed by atoms with Crippen LogP contribution < -0.4 is 0 Å². The van der Waals surface area contributed by atoms with E-state index >= 15 is 0 Å². The molecule has 0 amide bonds. The van der Waals surface area contributed by atoms with Gasteiger partial charge in [0.25, 0.3) is 0 Å². The lowest BCUT2D eigenvalue weighted by Crippen LogP contribution is -2.63. The average molecular weight is 665 g/mol. The molecule has 0 bridgehead atoms. The molecule has 7 rings (SSSR count). The zero-order valence-electron chi connectivity index (χ0n) is 29.7. The van der Waals surface area contributed by atoms with Gasteiger partial charge in [0.1, 0.15) is 12.2 Å². The highest BCUT2D eigenvalue weighted by Crippen LogP contribution is 2.89. The van der Waals surface area contributed by atoms with Gasteiger partial charge < -0.3 is 44.5 Å². The molecular formula is C37H60O10. The molecule has 0 aromatic rings. The van der Waals surface area contributed by atoms with Gasteiger partial charge in [0, 0.05) is 12.8 Å². The smallest absolute Gasteiger partial charge is 0.303 e. The maximum Gasteiger partial charge on any atom is 0.303 e. The monoisotopic (exact) mass is 664 g/mol. The average Bonchev–Trinajstić information content (AvgIpc) is 3.30. The Kier molecular flexibility index (Phi) is 7.80. The summed E-state index contributed by atoms with van der Waals surface area (Å²) >= 11 is 0. The van der Waals surface area contributed by atoms with Crippen LogP contribution in [0.1, 0.15) is 113 Å². The summed E-state index contributed by atoms with van der Waals surface area (Å²) in [6, 6.07) is 0. The van der Waals surface area contributed by atoms with E-state index in [9.17, 15) is 30.3 Å². The van der Waals surface area contributed by atoms with Gasteiger partial charge in [-0.25, -0.2) is 0 Å². The Hall–Kier alpha value is -0.850. The van der Waals surface area contributed by atoms with Crippen LogP contribution in [-0.4, -0.2) is 98.3 Å². The Morgan fingerprint density at radius 3 is 2.19 bits per heavy atom. The van der Waals surface area contributed by atoms with Crippen LogP contribution in [0.5, 0.6) is 0 Å².